The number of ether oxygens (including phenoxy) is 1. The van der Waals surface area contributed by atoms with E-state index in [-0.39, 0.29) is 11.6 Å². The van der Waals surface area contributed by atoms with Crippen LogP contribution in [0.3, 0.4) is 0 Å². The van der Waals surface area contributed by atoms with Crippen LogP contribution in [0.4, 0.5) is 8.78 Å². The van der Waals surface area contributed by atoms with Crippen LogP contribution in [-0.4, -0.2) is 53.2 Å². The van der Waals surface area contributed by atoms with E-state index in [1.54, 1.807) is 7.11 Å². The highest BCUT2D eigenvalue weighted by atomic mass is 19.1. The van der Waals surface area contributed by atoms with Gasteiger partial charge in [0.15, 0.2) is 0 Å². The van der Waals surface area contributed by atoms with E-state index < -0.39 is 11.6 Å². The van der Waals surface area contributed by atoms with Crippen LogP contribution in [0.15, 0.2) is 47.0 Å². The second-order valence-corrected chi connectivity index (χ2v) is 7.36. The molecule has 1 aliphatic rings. The lowest BCUT2D eigenvalue weighted by Gasteiger charge is -2.37. The maximum absolute atomic E-state index is 14.1. The number of hydrogen-bond donors (Lipinski definition) is 0. The fraction of sp³-hybridized carbons (Fsp3) is 0.364. The van der Waals surface area contributed by atoms with Crippen molar-refractivity contribution in [3.63, 3.8) is 0 Å². The van der Waals surface area contributed by atoms with Crippen LogP contribution in [0.2, 0.25) is 0 Å². The van der Waals surface area contributed by atoms with Crippen molar-refractivity contribution in [1.82, 2.24) is 19.9 Å². The van der Waals surface area contributed by atoms with Gasteiger partial charge in [0.1, 0.15) is 17.4 Å². The summed E-state index contributed by atoms with van der Waals surface area (Å²) in [6.45, 7) is 5.29. The topological polar surface area (TPSA) is 54.6 Å². The van der Waals surface area contributed by atoms with Crippen molar-refractivity contribution in [1.29, 1.82) is 0 Å². The molecular weight excluding hydrogens is 390 g/mol. The molecule has 6 nitrogen and oxygen atoms in total. The zero-order valence-electron chi connectivity index (χ0n) is 17.0. The summed E-state index contributed by atoms with van der Waals surface area (Å²) in [6.07, 6.45) is 0. The van der Waals surface area contributed by atoms with Gasteiger partial charge in [0.2, 0.25) is 11.7 Å². The average Bonchev–Trinajstić information content (AvgIpc) is 3.22. The number of halogens is 2. The number of benzene rings is 2. The molecule has 1 saturated heterocycles. The molecule has 1 aromatic heterocycles. The SMILES string of the molecule is COc1ccc(-c2noc(CN3CCN([C@H](C)c4c(F)cccc4F)CC3)n2)cc1. The van der Waals surface area contributed by atoms with Crippen LogP contribution >= 0.6 is 0 Å². The first-order valence-electron chi connectivity index (χ1n) is 9.92. The molecule has 2 aromatic carbocycles. The molecule has 0 amide bonds. The van der Waals surface area contributed by atoms with Gasteiger partial charge >= 0.3 is 0 Å². The minimum absolute atomic E-state index is 0.131. The first-order valence-corrected chi connectivity index (χ1v) is 9.92. The third-order valence-electron chi connectivity index (χ3n) is 5.55. The molecule has 0 spiro atoms. The van der Waals surface area contributed by atoms with E-state index in [2.05, 4.69) is 19.9 Å². The fourth-order valence-corrected chi connectivity index (χ4v) is 3.77. The highest BCUT2D eigenvalue weighted by Gasteiger charge is 2.26. The van der Waals surface area contributed by atoms with Crippen LogP contribution in [0.5, 0.6) is 5.75 Å². The van der Waals surface area contributed by atoms with Crippen molar-refractivity contribution >= 4 is 0 Å². The molecule has 1 aliphatic heterocycles. The summed E-state index contributed by atoms with van der Waals surface area (Å²) in [7, 11) is 1.62. The summed E-state index contributed by atoms with van der Waals surface area (Å²) < 4.78 is 38.8. The van der Waals surface area contributed by atoms with E-state index >= 15 is 0 Å². The zero-order valence-corrected chi connectivity index (χ0v) is 17.0. The Balaban J connectivity index is 1.34. The van der Waals surface area contributed by atoms with Crippen LogP contribution in [0.25, 0.3) is 11.4 Å². The molecule has 0 N–H and O–H groups in total. The third-order valence-corrected chi connectivity index (χ3v) is 5.55. The molecule has 1 fully saturated rings. The molecule has 0 saturated carbocycles. The van der Waals surface area contributed by atoms with Gasteiger partial charge in [-0.1, -0.05) is 11.2 Å². The molecule has 0 radical (unpaired) electrons. The van der Waals surface area contributed by atoms with Crippen LogP contribution in [0.1, 0.15) is 24.4 Å². The van der Waals surface area contributed by atoms with Gasteiger partial charge in [-0.2, -0.15) is 4.98 Å². The molecular formula is C22H24F2N4O2. The second kappa shape index (κ2) is 8.89. The Labute approximate surface area is 174 Å². The van der Waals surface area contributed by atoms with Gasteiger partial charge in [-0.05, 0) is 43.3 Å². The predicted octanol–water partition coefficient (Wildman–Crippen LogP) is 3.90. The first kappa shape index (κ1) is 20.4. The van der Waals surface area contributed by atoms with E-state index in [1.807, 2.05) is 31.2 Å². The Hall–Kier alpha value is -2.84. The standard InChI is InChI=1S/C22H24F2N4O2/c1-15(21-18(23)4-3-5-19(21)24)28-12-10-27(11-13-28)14-20-25-22(26-30-20)16-6-8-17(29-2)9-7-16/h3-9,15H,10-14H2,1-2H3/t15-/m1/s1. The van der Waals surface area contributed by atoms with Crippen molar-refractivity contribution < 1.29 is 18.0 Å². The maximum atomic E-state index is 14.1. The van der Waals surface area contributed by atoms with Gasteiger partial charge in [0.05, 0.1) is 13.7 Å². The largest absolute Gasteiger partial charge is 0.497 e. The molecule has 1 atom stereocenters. The molecule has 30 heavy (non-hydrogen) atoms. The van der Waals surface area contributed by atoms with E-state index in [1.165, 1.54) is 18.2 Å². The van der Waals surface area contributed by atoms with Gasteiger partial charge in [-0.25, -0.2) is 8.78 Å². The number of aromatic nitrogens is 2. The van der Waals surface area contributed by atoms with Gasteiger partial charge < -0.3 is 9.26 Å². The van der Waals surface area contributed by atoms with Crippen molar-refractivity contribution in [3.05, 3.63) is 65.6 Å². The van der Waals surface area contributed by atoms with Gasteiger partial charge in [-0.3, -0.25) is 9.80 Å². The van der Waals surface area contributed by atoms with E-state index in [0.29, 0.717) is 31.3 Å². The Morgan fingerprint density at radius 2 is 1.70 bits per heavy atom. The highest BCUT2D eigenvalue weighted by molar-refractivity contribution is 5.55. The molecule has 0 aliphatic carbocycles. The molecule has 0 unspecified atom stereocenters. The lowest BCUT2D eigenvalue weighted by Crippen LogP contribution is -2.46. The fourth-order valence-electron chi connectivity index (χ4n) is 3.77. The first-order chi connectivity index (χ1) is 14.5. The van der Waals surface area contributed by atoms with Crippen molar-refractivity contribution in [2.45, 2.75) is 19.5 Å². The Kier molecular flexibility index (Phi) is 6.06. The highest BCUT2D eigenvalue weighted by Crippen LogP contribution is 2.27. The van der Waals surface area contributed by atoms with Crippen LogP contribution < -0.4 is 4.74 Å². The maximum Gasteiger partial charge on any atom is 0.241 e. The summed E-state index contributed by atoms with van der Waals surface area (Å²) in [4.78, 5) is 8.77. The lowest BCUT2D eigenvalue weighted by atomic mass is 10.0. The lowest BCUT2D eigenvalue weighted by molar-refractivity contribution is 0.0880. The Bertz CT molecular complexity index is 965. The number of rotatable bonds is 6. The molecule has 158 valence electrons. The van der Waals surface area contributed by atoms with Gasteiger partial charge in [0.25, 0.3) is 0 Å². The molecule has 3 aromatic rings. The normalized spacial score (nSPS) is 16.5. The minimum Gasteiger partial charge on any atom is -0.497 e. The zero-order chi connectivity index (χ0) is 21.1. The molecule has 2 heterocycles. The quantitative estimate of drug-likeness (QED) is 0.610. The Morgan fingerprint density at radius 3 is 2.33 bits per heavy atom. The second-order valence-electron chi connectivity index (χ2n) is 7.36. The van der Waals surface area contributed by atoms with Crippen LogP contribution in [0, 0.1) is 11.6 Å². The number of methoxy groups -OCH3 is 1. The monoisotopic (exact) mass is 414 g/mol. The van der Waals surface area contributed by atoms with Crippen molar-refractivity contribution in [2.75, 3.05) is 33.3 Å². The molecule has 4 rings (SSSR count). The predicted molar refractivity (Wildman–Crippen MR) is 108 cm³/mol. The Morgan fingerprint density at radius 1 is 1.03 bits per heavy atom. The van der Waals surface area contributed by atoms with E-state index in [4.69, 9.17) is 9.26 Å². The summed E-state index contributed by atoms with van der Waals surface area (Å²) in [6, 6.07) is 11.2. The number of piperazine rings is 1. The number of nitrogens with zero attached hydrogens (tertiary/aromatic N) is 4. The van der Waals surface area contributed by atoms with E-state index in [0.717, 1.165) is 24.4 Å². The van der Waals surface area contributed by atoms with Crippen LogP contribution in [-0.2, 0) is 6.54 Å². The van der Waals surface area contributed by atoms with Crippen molar-refractivity contribution in [2.24, 2.45) is 0 Å². The van der Waals surface area contributed by atoms with Gasteiger partial charge in [0, 0.05) is 43.3 Å². The number of hydrogen-bond acceptors (Lipinski definition) is 6. The third kappa shape index (κ3) is 4.34. The summed E-state index contributed by atoms with van der Waals surface area (Å²) >= 11 is 0. The summed E-state index contributed by atoms with van der Waals surface area (Å²) in [5, 5.41) is 4.06. The molecule has 8 heteroatoms. The summed E-state index contributed by atoms with van der Waals surface area (Å²) in [5.41, 5.74) is 0.989. The van der Waals surface area contributed by atoms with Gasteiger partial charge in [-0.15, -0.1) is 0 Å². The van der Waals surface area contributed by atoms with Crippen molar-refractivity contribution in [3.8, 4) is 17.1 Å². The summed E-state index contributed by atoms with van der Waals surface area (Å²) in [5.74, 6) is 0.853. The minimum atomic E-state index is -0.498. The smallest absolute Gasteiger partial charge is 0.241 e. The van der Waals surface area contributed by atoms with E-state index in [9.17, 15) is 8.78 Å². The average molecular weight is 414 g/mol. The molecule has 0 bridgehead atoms.